The molecule has 210 valence electrons. The molecule has 3 aromatic rings. The zero-order valence-corrected chi connectivity index (χ0v) is 23.2. The molecule has 0 radical (unpaired) electrons. The number of ether oxygens (including phenoxy) is 1. The summed E-state index contributed by atoms with van der Waals surface area (Å²) in [4.78, 5) is 37.7. The summed E-state index contributed by atoms with van der Waals surface area (Å²) in [7, 11) is -2.48. The summed E-state index contributed by atoms with van der Waals surface area (Å²) in [6, 6.07) is 25.4. The van der Waals surface area contributed by atoms with Crippen molar-refractivity contribution in [2.45, 2.75) is 49.1 Å². The molecule has 0 fully saturated rings. The molecule has 2 N–H and O–H groups in total. The monoisotopic (exact) mass is 562 g/mol. The van der Waals surface area contributed by atoms with Crippen LogP contribution in [0.1, 0.15) is 30.4 Å². The highest BCUT2D eigenvalue weighted by Crippen LogP contribution is 2.14. The molecule has 2 atom stereocenters. The van der Waals surface area contributed by atoms with Gasteiger partial charge in [-0.2, -0.15) is 0 Å². The lowest BCUT2D eigenvalue weighted by molar-refractivity contribution is -0.142. The zero-order chi connectivity index (χ0) is 28.8. The maximum absolute atomic E-state index is 13.5. The Kier molecular flexibility index (Phi) is 11.6. The van der Waals surface area contributed by atoms with E-state index in [-0.39, 0.29) is 24.2 Å². The Morgan fingerprint density at radius 1 is 0.800 bits per heavy atom. The van der Waals surface area contributed by atoms with E-state index in [1.807, 2.05) is 60.7 Å². The Morgan fingerprint density at radius 2 is 1.38 bits per heavy atom. The van der Waals surface area contributed by atoms with E-state index in [1.165, 1.54) is 25.3 Å². The Hall–Kier alpha value is -4.24. The molecule has 2 amide bonds. The second-order valence-electron chi connectivity index (χ2n) is 9.21. The van der Waals surface area contributed by atoms with Crippen LogP contribution in [-0.4, -0.2) is 45.4 Å². The van der Waals surface area contributed by atoms with E-state index in [4.69, 9.17) is 0 Å². The standard InChI is InChI=1S/C31H34N2O6S/c1-39-30(35)20-19-29(34)33-28(23-25-13-7-3-8-14-25)31(36)32-26(18-17-24-11-5-2-6-12-24)21-22-40(37,38)27-15-9-4-10-16-27/h2-16,21-22,26,28H,17-20,23H2,1H3,(H,32,36)(H,33,34)/b22-21+/t26-,28-/m0/s1. The van der Waals surface area contributed by atoms with Crippen molar-refractivity contribution < 1.29 is 27.5 Å². The van der Waals surface area contributed by atoms with Crippen LogP contribution in [0.5, 0.6) is 0 Å². The van der Waals surface area contributed by atoms with Gasteiger partial charge in [-0.3, -0.25) is 14.4 Å². The van der Waals surface area contributed by atoms with Gasteiger partial charge < -0.3 is 15.4 Å². The number of rotatable bonds is 14. The maximum Gasteiger partial charge on any atom is 0.306 e. The zero-order valence-electron chi connectivity index (χ0n) is 22.4. The van der Waals surface area contributed by atoms with Crippen LogP contribution in [0.3, 0.4) is 0 Å². The number of sulfone groups is 1. The lowest BCUT2D eigenvalue weighted by Crippen LogP contribution is -2.50. The molecule has 0 bridgehead atoms. The highest BCUT2D eigenvalue weighted by molar-refractivity contribution is 7.94. The number of esters is 1. The highest BCUT2D eigenvalue weighted by Gasteiger charge is 2.24. The largest absolute Gasteiger partial charge is 0.469 e. The van der Waals surface area contributed by atoms with Crippen molar-refractivity contribution in [3.8, 4) is 0 Å². The number of nitrogens with one attached hydrogen (secondary N) is 2. The molecule has 3 rings (SSSR count). The summed E-state index contributed by atoms with van der Waals surface area (Å²) in [5, 5.41) is 6.75. The summed E-state index contributed by atoms with van der Waals surface area (Å²) >= 11 is 0. The summed E-state index contributed by atoms with van der Waals surface area (Å²) in [6.07, 6.45) is 2.48. The first-order chi connectivity index (χ1) is 19.3. The van der Waals surface area contributed by atoms with E-state index in [1.54, 1.807) is 18.2 Å². The molecule has 0 spiro atoms. The first-order valence-corrected chi connectivity index (χ1v) is 14.5. The van der Waals surface area contributed by atoms with Crippen LogP contribution in [0, 0.1) is 0 Å². The Morgan fingerprint density at radius 3 is 1.98 bits per heavy atom. The normalized spacial score (nSPS) is 12.8. The topological polar surface area (TPSA) is 119 Å². The van der Waals surface area contributed by atoms with Crippen LogP contribution in [0.2, 0.25) is 0 Å². The molecule has 0 unspecified atom stereocenters. The highest BCUT2D eigenvalue weighted by atomic mass is 32.2. The molecular formula is C31H34N2O6S. The van der Waals surface area contributed by atoms with E-state index in [0.29, 0.717) is 12.8 Å². The van der Waals surface area contributed by atoms with Crippen LogP contribution in [-0.2, 0) is 41.8 Å². The molecule has 0 aliphatic heterocycles. The Bertz CT molecular complexity index is 1380. The minimum atomic E-state index is -3.73. The van der Waals surface area contributed by atoms with Gasteiger partial charge in [-0.25, -0.2) is 8.42 Å². The van der Waals surface area contributed by atoms with E-state index in [2.05, 4.69) is 15.4 Å². The number of amides is 2. The average molecular weight is 563 g/mol. The molecule has 40 heavy (non-hydrogen) atoms. The number of aryl methyl sites for hydroxylation is 1. The molecule has 0 heterocycles. The lowest BCUT2D eigenvalue weighted by atomic mass is 10.0. The molecule has 8 nitrogen and oxygen atoms in total. The maximum atomic E-state index is 13.5. The Balaban J connectivity index is 1.80. The van der Waals surface area contributed by atoms with Crippen molar-refractivity contribution in [1.29, 1.82) is 0 Å². The second kappa shape index (κ2) is 15.4. The third kappa shape index (κ3) is 10.1. The van der Waals surface area contributed by atoms with E-state index in [9.17, 15) is 22.8 Å². The molecule has 0 aliphatic rings. The second-order valence-corrected chi connectivity index (χ2v) is 11.0. The van der Waals surface area contributed by atoms with Gasteiger partial charge in [0.15, 0.2) is 9.84 Å². The SMILES string of the molecule is COC(=O)CCC(=O)N[C@@H](Cc1ccccc1)C(=O)N[C@H](/C=C/S(=O)(=O)c1ccccc1)CCc1ccccc1. The molecule has 0 saturated carbocycles. The molecule has 0 aliphatic carbocycles. The number of benzene rings is 3. The summed E-state index contributed by atoms with van der Waals surface area (Å²) in [5.74, 6) is -1.45. The van der Waals surface area contributed by atoms with Crippen molar-refractivity contribution >= 4 is 27.6 Å². The predicted molar refractivity (Wildman–Crippen MR) is 153 cm³/mol. The van der Waals surface area contributed by atoms with Gasteiger partial charge in [0.2, 0.25) is 11.8 Å². The van der Waals surface area contributed by atoms with Crippen molar-refractivity contribution in [2.24, 2.45) is 0 Å². The number of hydrogen-bond acceptors (Lipinski definition) is 6. The Labute approximate surface area is 235 Å². The smallest absolute Gasteiger partial charge is 0.306 e. The molecule has 9 heteroatoms. The van der Waals surface area contributed by atoms with Crippen LogP contribution in [0.4, 0.5) is 0 Å². The van der Waals surface area contributed by atoms with E-state index < -0.39 is 39.7 Å². The first kappa shape index (κ1) is 30.3. The van der Waals surface area contributed by atoms with Crippen LogP contribution in [0.15, 0.2) is 107 Å². The molecular weight excluding hydrogens is 528 g/mol. The summed E-state index contributed by atoms with van der Waals surface area (Å²) in [5.41, 5.74) is 1.87. The molecule has 3 aromatic carbocycles. The quantitative estimate of drug-likeness (QED) is 0.289. The number of hydrogen-bond donors (Lipinski definition) is 2. The van der Waals surface area contributed by atoms with Crippen molar-refractivity contribution in [1.82, 2.24) is 10.6 Å². The number of methoxy groups -OCH3 is 1. The number of carbonyl (C=O) groups excluding carboxylic acids is 3. The van der Waals surface area contributed by atoms with Gasteiger partial charge in [-0.15, -0.1) is 0 Å². The van der Waals surface area contributed by atoms with E-state index in [0.717, 1.165) is 16.5 Å². The van der Waals surface area contributed by atoms with Crippen molar-refractivity contribution in [3.05, 3.63) is 114 Å². The van der Waals surface area contributed by atoms with Gasteiger partial charge in [-0.05, 0) is 36.1 Å². The fraction of sp³-hybridized carbons (Fsp3) is 0.258. The minimum Gasteiger partial charge on any atom is -0.469 e. The fourth-order valence-corrected chi connectivity index (χ4v) is 5.09. The lowest BCUT2D eigenvalue weighted by Gasteiger charge is -2.22. The van der Waals surface area contributed by atoms with E-state index >= 15 is 0 Å². The molecule has 0 saturated heterocycles. The predicted octanol–water partition coefficient (Wildman–Crippen LogP) is 3.77. The van der Waals surface area contributed by atoms with Crippen LogP contribution >= 0.6 is 0 Å². The summed E-state index contributed by atoms with van der Waals surface area (Å²) in [6.45, 7) is 0. The average Bonchev–Trinajstić information content (AvgIpc) is 2.98. The minimum absolute atomic E-state index is 0.109. The van der Waals surface area contributed by atoms with Gasteiger partial charge in [0.1, 0.15) is 6.04 Å². The first-order valence-electron chi connectivity index (χ1n) is 13.0. The van der Waals surface area contributed by atoms with Gasteiger partial charge in [0, 0.05) is 24.3 Å². The van der Waals surface area contributed by atoms with Crippen LogP contribution in [0.25, 0.3) is 0 Å². The third-order valence-corrected chi connectivity index (χ3v) is 7.64. The number of carbonyl (C=O) groups is 3. The van der Waals surface area contributed by atoms with Crippen molar-refractivity contribution in [3.63, 3.8) is 0 Å². The van der Waals surface area contributed by atoms with Crippen LogP contribution < -0.4 is 10.6 Å². The molecule has 0 aromatic heterocycles. The van der Waals surface area contributed by atoms with Crippen molar-refractivity contribution in [2.75, 3.05) is 7.11 Å². The fourth-order valence-electron chi connectivity index (χ4n) is 4.00. The van der Waals surface area contributed by atoms with Gasteiger partial charge in [-0.1, -0.05) is 84.9 Å². The van der Waals surface area contributed by atoms with Gasteiger partial charge in [0.25, 0.3) is 0 Å². The van der Waals surface area contributed by atoms with Gasteiger partial charge in [0.05, 0.1) is 18.4 Å². The third-order valence-electron chi connectivity index (χ3n) is 6.19. The van der Waals surface area contributed by atoms with Gasteiger partial charge >= 0.3 is 5.97 Å². The summed E-state index contributed by atoms with van der Waals surface area (Å²) < 4.78 is 30.3.